The van der Waals surface area contributed by atoms with Crippen molar-refractivity contribution >= 4 is 11.6 Å². The van der Waals surface area contributed by atoms with Crippen LogP contribution in [-0.2, 0) is 4.74 Å². The standard InChI is InChI=1S/C16H27ClO/c1-4-5-6-7-10-14(2)16(3,17)13-15-11-8-9-12-18-15/h8-9,11-12,14-15H,4-7,10,13H2,1-3H3. The van der Waals surface area contributed by atoms with Crippen molar-refractivity contribution in [2.45, 2.75) is 70.3 Å². The fraction of sp³-hybridized carbons (Fsp3) is 0.750. The first-order valence-corrected chi connectivity index (χ1v) is 7.61. The van der Waals surface area contributed by atoms with E-state index in [1.165, 1.54) is 32.1 Å². The van der Waals surface area contributed by atoms with E-state index in [9.17, 15) is 0 Å². The molecule has 0 aliphatic carbocycles. The summed E-state index contributed by atoms with van der Waals surface area (Å²) in [7, 11) is 0. The van der Waals surface area contributed by atoms with Gasteiger partial charge in [-0.1, -0.05) is 45.6 Å². The van der Waals surface area contributed by atoms with E-state index >= 15 is 0 Å². The Morgan fingerprint density at radius 1 is 1.28 bits per heavy atom. The zero-order valence-electron chi connectivity index (χ0n) is 12.0. The molecule has 3 unspecified atom stereocenters. The normalized spacial score (nSPS) is 23.4. The summed E-state index contributed by atoms with van der Waals surface area (Å²) in [5.41, 5.74) is 0. The van der Waals surface area contributed by atoms with Crippen molar-refractivity contribution in [2.75, 3.05) is 0 Å². The third kappa shape index (κ3) is 5.48. The van der Waals surface area contributed by atoms with E-state index in [0.29, 0.717) is 5.92 Å². The molecule has 1 rings (SSSR count). The van der Waals surface area contributed by atoms with Gasteiger partial charge in [-0.25, -0.2) is 0 Å². The number of unbranched alkanes of at least 4 members (excludes halogenated alkanes) is 3. The average molecular weight is 271 g/mol. The maximum absolute atomic E-state index is 6.69. The molecular weight excluding hydrogens is 244 g/mol. The van der Waals surface area contributed by atoms with E-state index in [-0.39, 0.29) is 11.0 Å². The molecule has 1 nitrogen and oxygen atoms in total. The van der Waals surface area contributed by atoms with Gasteiger partial charge in [0.2, 0.25) is 0 Å². The fourth-order valence-corrected chi connectivity index (χ4v) is 2.58. The second-order valence-electron chi connectivity index (χ2n) is 5.62. The van der Waals surface area contributed by atoms with Crippen LogP contribution in [0.4, 0.5) is 0 Å². The summed E-state index contributed by atoms with van der Waals surface area (Å²) in [4.78, 5) is -0.174. The van der Waals surface area contributed by atoms with E-state index in [2.05, 4.69) is 26.8 Å². The lowest BCUT2D eigenvalue weighted by molar-refractivity contribution is 0.149. The molecule has 1 heterocycles. The zero-order valence-corrected chi connectivity index (χ0v) is 12.7. The lowest BCUT2D eigenvalue weighted by Crippen LogP contribution is -2.31. The first kappa shape index (κ1) is 15.6. The first-order valence-electron chi connectivity index (χ1n) is 7.24. The second-order valence-corrected chi connectivity index (χ2v) is 6.48. The van der Waals surface area contributed by atoms with Gasteiger partial charge in [0.25, 0.3) is 0 Å². The van der Waals surface area contributed by atoms with Gasteiger partial charge in [0, 0.05) is 11.3 Å². The minimum Gasteiger partial charge on any atom is -0.494 e. The largest absolute Gasteiger partial charge is 0.494 e. The molecule has 0 N–H and O–H groups in total. The summed E-state index contributed by atoms with van der Waals surface area (Å²) >= 11 is 6.69. The number of halogens is 1. The summed E-state index contributed by atoms with van der Waals surface area (Å²) in [5, 5.41) is 0. The minimum atomic E-state index is -0.174. The molecule has 0 aromatic carbocycles. The molecule has 0 aromatic rings. The van der Waals surface area contributed by atoms with Crippen LogP contribution in [0.25, 0.3) is 0 Å². The van der Waals surface area contributed by atoms with Crippen LogP contribution in [0.15, 0.2) is 24.5 Å². The highest BCUT2D eigenvalue weighted by Crippen LogP contribution is 2.35. The van der Waals surface area contributed by atoms with Crippen molar-refractivity contribution in [2.24, 2.45) is 5.92 Å². The topological polar surface area (TPSA) is 9.23 Å². The molecule has 1 aliphatic heterocycles. The summed E-state index contributed by atoms with van der Waals surface area (Å²) in [6, 6.07) is 0. The highest BCUT2D eigenvalue weighted by atomic mass is 35.5. The molecule has 0 radical (unpaired) electrons. The monoisotopic (exact) mass is 270 g/mol. The highest BCUT2D eigenvalue weighted by molar-refractivity contribution is 6.23. The van der Waals surface area contributed by atoms with Crippen molar-refractivity contribution in [1.82, 2.24) is 0 Å². The number of allylic oxidation sites excluding steroid dienone is 2. The van der Waals surface area contributed by atoms with Crippen LogP contribution in [-0.4, -0.2) is 11.0 Å². The van der Waals surface area contributed by atoms with Gasteiger partial charge >= 0.3 is 0 Å². The van der Waals surface area contributed by atoms with Crippen LogP contribution in [0.3, 0.4) is 0 Å². The van der Waals surface area contributed by atoms with E-state index in [1.54, 1.807) is 6.26 Å². The molecule has 0 fully saturated rings. The van der Waals surface area contributed by atoms with E-state index in [1.807, 2.05) is 12.2 Å². The third-order valence-electron chi connectivity index (χ3n) is 3.89. The van der Waals surface area contributed by atoms with Crippen LogP contribution < -0.4 is 0 Å². The molecule has 104 valence electrons. The second kappa shape index (κ2) is 7.89. The quantitative estimate of drug-likeness (QED) is 0.421. The Bertz CT molecular complexity index is 281. The number of rotatable bonds is 8. The molecule has 2 heteroatoms. The molecule has 3 atom stereocenters. The molecule has 0 aromatic heterocycles. The van der Waals surface area contributed by atoms with E-state index in [0.717, 1.165) is 6.42 Å². The van der Waals surface area contributed by atoms with Crippen molar-refractivity contribution in [3.8, 4) is 0 Å². The highest BCUT2D eigenvalue weighted by Gasteiger charge is 2.31. The van der Waals surface area contributed by atoms with Gasteiger partial charge in [0.15, 0.2) is 0 Å². The number of hydrogen-bond donors (Lipinski definition) is 0. The van der Waals surface area contributed by atoms with Crippen LogP contribution in [0.5, 0.6) is 0 Å². The van der Waals surface area contributed by atoms with E-state index < -0.39 is 0 Å². The summed E-state index contributed by atoms with van der Waals surface area (Å²) in [6.45, 7) is 6.66. The molecule has 18 heavy (non-hydrogen) atoms. The van der Waals surface area contributed by atoms with Gasteiger partial charge in [-0.05, 0) is 31.4 Å². The summed E-state index contributed by atoms with van der Waals surface area (Å²) < 4.78 is 5.56. The Labute approximate surface area is 117 Å². The van der Waals surface area contributed by atoms with Crippen LogP contribution in [0.2, 0.25) is 0 Å². The maximum atomic E-state index is 6.69. The van der Waals surface area contributed by atoms with Crippen molar-refractivity contribution in [3.63, 3.8) is 0 Å². The molecule has 0 spiro atoms. The zero-order chi connectivity index (χ0) is 13.4. The molecule has 0 bridgehead atoms. The molecular formula is C16H27ClO. The molecule has 0 saturated carbocycles. The number of ether oxygens (including phenoxy) is 1. The molecule has 0 saturated heterocycles. The van der Waals surface area contributed by atoms with Gasteiger partial charge in [-0.3, -0.25) is 0 Å². The predicted octanol–water partition coefficient (Wildman–Crippen LogP) is 5.45. The van der Waals surface area contributed by atoms with Gasteiger partial charge in [-0.2, -0.15) is 0 Å². The van der Waals surface area contributed by atoms with Gasteiger partial charge in [0.05, 0.1) is 6.26 Å². The maximum Gasteiger partial charge on any atom is 0.118 e. The Hall–Kier alpha value is -0.430. The van der Waals surface area contributed by atoms with E-state index in [4.69, 9.17) is 16.3 Å². The predicted molar refractivity (Wildman–Crippen MR) is 80.0 cm³/mol. The SMILES string of the molecule is CCCCCCC(C)C(C)(Cl)CC1C=CC=CO1. The third-order valence-corrected chi connectivity index (χ3v) is 4.41. The van der Waals surface area contributed by atoms with Gasteiger partial charge in [0.1, 0.15) is 6.10 Å². The molecule has 1 aliphatic rings. The summed E-state index contributed by atoms with van der Waals surface area (Å²) in [6.07, 6.45) is 15.3. The van der Waals surface area contributed by atoms with Crippen molar-refractivity contribution in [1.29, 1.82) is 0 Å². The molecule has 0 amide bonds. The fourth-order valence-electron chi connectivity index (χ4n) is 2.31. The number of alkyl halides is 1. The Kier molecular flexibility index (Phi) is 6.85. The lowest BCUT2D eigenvalue weighted by atomic mass is 9.85. The van der Waals surface area contributed by atoms with Crippen LogP contribution in [0.1, 0.15) is 59.3 Å². The lowest BCUT2D eigenvalue weighted by Gasteiger charge is -2.32. The average Bonchev–Trinajstić information content (AvgIpc) is 2.35. The van der Waals surface area contributed by atoms with Gasteiger partial charge in [-0.15, -0.1) is 11.6 Å². The van der Waals surface area contributed by atoms with Crippen molar-refractivity contribution < 1.29 is 4.74 Å². The Morgan fingerprint density at radius 3 is 2.67 bits per heavy atom. The van der Waals surface area contributed by atoms with Crippen LogP contribution >= 0.6 is 11.6 Å². The minimum absolute atomic E-state index is 0.135. The smallest absolute Gasteiger partial charge is 0.118 e. The Morgan fingerprint density at radius 2 is 2.06 bits per heavy atom. The van der Waals surface area contributed by atoms with Gasteiger partial charge < -0.3 is 4.74 Å². The Balaban J connectivity index is 2.31. The first-order chi connectivity index (χ1) is 8.56. The van der Waals surface area contributed by atoms with Crippen molar-refractivity contribution in [3.05, 3.63) is 24.5 Å². The number of hydrogen-bond acceptors (Lipinski definition) is 1. The summed E-state index contributed by atoms with van der Waals surface area (Å²) in [5.74, 6) is 0.527. The van der Waals surface area contributed by atoms with Crippen LogP contribution in [0, 0.1) is 5.92 Å².